The van der Waals surface area contributed by atoms with Gasteiger partial charge in [-0.1, -0.05) is 13.3 Å². The molecule has 0 radical (unpaired) electrons. The fourth-order valence-electron chi connectivity index (χ4n) is 1.69. The molecule has 0 bridgehead atoms. The Morgan fingerprint density at radius 1 is 1.41 bits per heavy atom. The summed E-state index contributed by atoms with van der Waals surface area (Å²) in [6.45, 7) is 2.38. The van der Waals surface area contributed by atoms with Crippen LogP contribution < -0.4 is 10.9 Å². The van der Waals surface area contributed by atoms with Crippen LogP contribution in [0.2, 0.25) is 0 Å². The van der Waals surface area contributed by atoms with Crippen molar-refractivity contribution in [1.82, 2.24) is 10.9 Å². The molecule has 1 aliphatic carbocycles. The van der Waals surface area contributed by atoms with Crippen LogP contribution in [-0.2, 0) is 4.74 Å². The van der Waals surface area contributed by atoms with E-state index < -0.39 is 12.0 Å². The summed E-state index contributed by atoms with van der Waals surface area (Å²) in [7, 11) is 0. The topological polar surface area (TPSA) is 50.4 Å². The first kappa shape index (κ1) is 14.2. The van der Waals surface area contributed by atoms with E-state index in [-0.39, 0.29) is 18.9 Å². The molecule has 2 N–H and O–H groups in total. The van der Waals surface area contributed by atoms with Crippen molar-refractivity contribution in [2.24, 2.45) is 0 Å². The maximum absolute atomic E-state index is 12.8. The minimum Gasteiger partial charge on any atom is -0.449 e. The minimum absolute atomic E-state index is 0.0895. The molecule has 0 aliphatic heterocycles. The second-order valence-electron chi connectivity index (χ2n) is 4.39. The molecule has 1 saturated carbocycles. The third-order valence-corrected chi connectivity index (χ3v) is 2.83. The van der Waals surface area contributed by atoms with Crippen molar-refractivity contribution < 1.29 is 18.3 Å². The molecule has 100 valence electrons. The van der Waals surface area contributed by atoms with E-state index >= 15 is 0 Å². The first-order valence-electron chi connectivity index (χ1n) is 6.09. The second kappa shape index (κ2) is 6.74. The highest BCUT2D eigenvalue weighted by atomic mass is 19.3. The normalized spacial score (nSPS) is 19.9. The van der Waals surface area contributed by atoms with Crippen LogP contribution in [0.25, 0.3) is 0 Å². The van der Waals surface area contributed by atoms with Gasteiger partial charge in [0.1, 0.15) is 0 Å². The van der Waals surface area contributed by atoms with E-state index in [0.717, 1.165) is 12.8 Å². The highest BCUT2D eigenvalue weighted by Gasteiger charge is 2.34. The molecule has 6 heteroatoms. The van der Waals surface area contributed by atoms with Crippen LogP contribution in [0.15, 0.2) is 0 Å². The highest BCUT2D eigenvalue weighted by molar-refractivity contribution is 5.66. The zero-order chi connectivity index (χ0) is 12.7. The fourth-order valence-corrected chi connectivity index (χ4v) is 1.69. The molecule has 0 unspecified atom stereocenters. The zero-order valence-corrected chi connectivity index (χ0v) is 10.1. The number of hydrazine groups is 1. The Hall–Kier alpha value is -0.910. The molecule has 1 fully saturated rings. The van der Waals surface area contributed by atoms with Crippen LogP contribution in [0.4, 0.5) is 13.6 Å². The molecule has 0 aromatic rings. The predicted octanol–water partition coefficient (Wildman–Crippen LogP) is 2.60. The summed E-state index contributed by atoms with van der Waals surface area (Å²) >= 11 is 0. The van der Waals surface area contributed by atoms with Gasteiger partial charge in [0.2, 0.25) is 5.92 Å². The maximum Gasteiger partial charge on any atom is 0.421 e. The Morgan fingerprint density at radius 2 is 2.06 bits per heavy atom. The molecule has 0 heterocycles. The van der Waals surface area contributed by atoms with Crippen LogP contribution in [0, 0.1) is 0 Å². The standard InChI is InChI=1S/C11H20F2N2O2/c1-2-3-8-17-10(16)15-14-9-4-6-11(12,13)7-5-9/h9,14H,2-8H2,1H3,(H,15,16). The van der Waals surface area contributed by atoms with Crippen LogP contribution in [0.5, 0.6) is 0 Å². The van der Waals surface area contributed by atoms with Crippen LogP contribution in [0.1, 0.15) is 45.4 Å². The quantitative estimate of drug-likeness (QED) is 0.582. The number of carbonyl (C=O) groups excluding carboxylic acids is 1. The van der Waals surface area contributed by atoms with Crippen LogP contribution in [0.3, 0.4) is 0 Å². The van der Waals surface area contributed by atoms with Gasteiger partial charge in [-0.3, -0.25) is 5.43 Å². The summed E-state index contributed by atoms with van der Waals surface area (Å²) < 4.78 is 30.5. The number of amides is 1. The summed E-state index contributed by atoms with van der Waals surface area (Å²) in [6, 6.07) is -0.0895. The first-order chi connectivity index (χ1) is 8.03. The average molecular weight is 250 g/mol. The number of hydrogen-bond acceptors (Lipinski definition) is 3. The van der Waals surface area contributed by atoms with Crippen LogP contribution in [-0.4, -0.2) is 24.7 Å². The van der Waals surface area contributed by atoms with Crippen molar-refractivity contribution in [3.05, 3.63) is 0 Å². The van der Waals surface area contributed by atoms with Crippen molar-refractivity contribution >= 4 is 6.09 Å². The van der Waals surface area contributed by atoms with Crippen molar-refractivity contribution in [3.63, 3.8) is 0 Å². The molecule has 0 saturated heterocycles. The summed E-state index contributed by atoms with van der Waals surface area (Å²) in [4.78, 5) is 11.1. The summed E-state index contributed by atoms with van der Waals surface area (Å²) in [6.07, 6.45) is 1.70. The van der Waals surface area contributed by atoms with Gasteiger partial charge < -0.3 is 4.74 Å². The van der Waals surface area contributed by atoms with Crippen molar-refractivity contribution in [1.29, 1.82) is 0 Å². The Morgan fingerprint density at radius 3 is 2.65 bits per heavy atom. The monoisotopic (exact) mass is 250 g/mol. The lowest BCUT2D eigenvalue weighted by molar-refractivity contribution is -0.0413. The lowest BCUT2D eigenvalue weighted by Gasteiger charge is -2.28. The maximum atomic E-state index is 12.8. The van der Waals surface area contributed by atoms with Crippen molar-refractivity contribution in [3.8, 4) is 0 Å². The minimum atomic E-state index is -2.54. The molecular formula is C11H20F2N2O2. The number of carbonyl (C=O) groups is 1. The second-order valence-corrected chi connectivity index (χ2v) is 4.39. The van der Waals surface area contributed by atoms with Gasteiger partial charge in [0.25, 0.3) is 0 Å². The fraction of sp³-hybridized carbons (Fsp3) is 0.909. The van der Waals surface area contributed by atoms with Gasteiger partial charge in [0, 0.05) is 18.9 Å². The van der Waals surface area contributed by atoms with Gasteiger partial charge in [0.15, 0.2) is 0 Å². The number of hydrogen-bond donors (Lipinski definition) is 2. The number of halogens is 2. The van der Waals surface area contributed by atoms with E-state index in [0.29, 0.717) is 19.4 Å². The molecular weight excluding hydrogens is 230 g/mol. The zero-order valence-electron chi connectivity index (χ0n) is 10.1. The van der Waals surface area contributed by atoms with Gasteiger partial charge in [-0.2, -0.15) is 0 Å². The largest absolute Gasteiger partial charge is 0.449 e. The molecule has 1 amide bonds. The molecule has 1 aliphatic rings. The SMILES string of the molecule is CCCCOC(=O)NNC1CCC(F)(F)CC1. The molecule has 0 aromatic heterocycles. The number of rotatable bonds is 5. The Balaban J connectivity index is 2.09. The molecule has 0 spiro atoms. The molecule has 0 aromatic carbocycles. The molecule has 4 nitrogen and oxygen atoms in total. The molecule has 1 rings (SSSR count). The number of ether oxygens (including phenoxy) is 1. The summed E-state index contributed by atoms with van der Waals surface area (Å²) in [5.41, 5.74) is 5.11. The third-order valence-electron chi connectivity index (χ3n) is 2.83. The van der Waals surface area contributed by atoms with E-state index in [1.54, 1.807) is 0 Å². The molecule has 17 heavy (non-hydrogen) atoms. The Labute approximate surface area is 100 Å². The number of nitrogens with one attached hydrogen (secondary N) is 2. The van der Waals surface area contributed by atoms with E-state index in [1.807, 2.05) is 6.92 Å². The molecule has 0 atom stereocenters. The van der Waals surface area contributed by atoms with E-state index in [1.165, 1.54) is 0 Å². The number of unbranched alkanes of at least 4 members (excludes halogenated alkanes) is 1. The summed E-state index contributed by atoms with van der Waals surface area (Å²) in [5.74, 6) is -2.54. The van der Waals surface area contributed by atoms with Gasteiger partial charge in [0.05, 0.1) is 6.61 Å². The predicted molar refractivity (Wildman–Crippen MR) is 59.7 cm³/mol. The highest BCUT2D eigenvalue weighted by Crippen LogP contribution is 2.32. The van der Waals surface area contributed by atoms with E-state index in [9.17, 15) is 13.6 Å². The third kappa shape index (κ3) is 5.81. The van der Waals surface area contributed by atoms with E-state index in [4.69, 9.17) is 4.74 Å². The number of alkyl halides is 2. The lowest BCUT2D eigenvalue weighted by Crippen LogP contribution is -2.47. The first-order valence-corrected chi connectivity index (χ1v) is 6.09. The Bertz CT molecular complexity index is 240. The Kier molecular flexibility index (Phi) is 5.61. The van der Waals surface area contributed by atoms with Crippen LogP contribution >= 0.6 is 0 Å². The van der Waals surface area contributed by atoms with Crippen molar-refractivity contribution in [2.45, 2.75) is 57.4 Å². The van der Waals surface area contributed by atoms with Crippen molar-refractivity contribution in [2.75, 3.05) is 6.61 Å². The summed E-state index contributed by atoms with van der Waals surface area (Å²) in [5, 5.41) is 0. The van der Waals surface area contributed by atoms with Gasteiger partial charge >= 0.3 is 6.09 Å². The van der Waals surface area contributed by atoms with Gasteiger partial charge in [-0.05, 0) is 19.3 Å². The van der Waals surface area contributed by atoms with E-state index in [2.05, 4.69) is 10.9 Å². The van der Waals surface area contributed by atoms with Gasteiger partial charge in [-0.15, -0.1) is 0 Å². The lowest BCUT2D eigenvalue weighted by atomic mass is 9.93. The average Bonchev–Trinajstić information content (AvgIpc) is 2.28. The smallest absolute Gasteiger partial charge is 0.421 e. The van der Waals surface area contributed by atoms with Gasteiger partial charge in [-0.25, -0.2) is 19.0 Å².